The number of hydrogen-bond donors (Lipinski definition) is 2. The first-order valence-corrected chi connectivity index (χ1v) is 5.83. The van der Waals surface area contributed by atoms with Crippen LogP contribution in [-0.4, -0.2) is 40.0 Å². The Morgan fingerprint density at radius 1 is 1.44 bits per heavy atom. The van der Waals surface area contributed by atoms with Gasteiger partial charge in [0.15, 0.2) is 0 Å². The summed E-state index contributed by atoms with van der Waals surface area (Å²) in [7, 11) is 0. The van der Waals surface area contributed by atoms with Crippen molar-refractivity contribution in [3.05, 3.63) is 0 Å². The van der Waals surface area contributed by atoms with Crippen LogP contribution in [0.3, 0.4) is 0 Å². The molecule has 1 saturated carbocycles. The zero-order chi connectivity index (χ0) is 11.9. The molecule has 1 amide bonds. The van der Waals surface area contributed by atoms with E-state index in [1.807, 2.05) is 0 Å². The van der Waals surface area contributed by atoms with Gasteiger partial charge in [-0.15, -0.1) is 0 Å². The van der Waals surface area contributed by atoms with Crippen LogP contribution in [0.15, 0.2) is 0 Å². The lowest BCUT2D eigenvalue weighted by molar-refractivity contribution is -0.150. The van der Waals surface area contributed by atoms with Gasteiger partial charge in [0.2, 0.25) is 5.91 Å². The minimum absolute atomic E-state index is 0.111. The molecule has 2 fully saturated rings. The molecule has 2 aliphatic rings. The Morgan fingerprint density at radius 2 is 2.12 bits per heavy atom. The van der Waals surface area contributed by atoms with Crippen molar-refractivity contribution < 1.29 is 14.7 Å². The zero-order valence-electron chi connectivity index (χ0n) is 9.43. The smallest absolute Gasteiger partial charge is 0.326 e. The van der Waals surface area contributed by atoms with Gasteiger partial charge in [-0.3, -0.25) is 4.79 Å². The second-order valence-corrected chi connectivity index (χ2v) is 4.88. The molecule has 0 aromatic carbocycles. The average molecular weight is 226 g/mol. The lowest BCUT2D eigenvalue weighted by Gasteiger charge is -2.29. The number of aliphatic carboxylic acids is 1. The lowest BCUT2D eigenvalue weighted by Crippen LogP contribution is -2.50. The monoisotopic (exact) mass is 226 g/mol. The normalized spacial score (nSPS) is 34.9. The highest BCUT2D eigenvalue weighted by molar-refractivity contribution is 5.87. The van der Waals surface area contributed by atoms with Crippen molar-refractivity contribution in [2.75, 3.05) is 0 Å². The number of carboxylic acids is 1. The molecule has 1 aliphatic carbocycles. The molecule has 4 unspecified atom stereocenters. The predicted octanol–water partition coefficient (Wildman–Crippen LogP) is 0.188. The van der Waals surface area contributed by atoms with E-state index in [-0.39, 0.29) is 11.9 Å². The fraction of sp³-hybridized carbons (Fsp3) is 0.818. The summed E-state index contributed by atoms with van der Waals surface area (Å²) in [4.78, 5) is 24.6. The third kappa shape index (κ3) is 1.69. The van der Waals surface area contributed by atoms with Crippen LogP contribution in [-0.2, 0) is 9.59 Å². The van der Waals surface area contributed by atoms with Gasteiger partial charge in [-0.2, -0.15) is 0 Å². The fourth-order valence-electron chi connectivity index (χ4n) is 3.06. The molecule has 0 spiro atoms. The van der Waals surface area contributed by atoms with Crippen LogP contribution in [0.1, 0.15) is 32.6 Å². The summed E-state index contributed by atoms with van der Waals surface area (Å²) in [6.45, 7) is 1.61. The highest BCUT2D eigenvalue weighted by Crippen LogP contribution is 2.41. The zero-order valence-corrected chi connectivity index (χ0v) is 9.43. The summed E-state index contributed by atoms with van der Waals surface area (Å²) >= 11 is 0. The van der Waals surface area contributed by atoms with E-state index in [2.05, 4.69) is 0 Å². The highest BCUT2D eigenvalue weighted by atomic mass is 16.4. The fourth-order valence-corrected chi connectivity index (χ4v) is 3.06. The molecule has 0 bridgehead atoms. The molecule has 2 rings (SSSR count). The Morgan fingerprint density at radius 3 is 2.69 bits per heavy atom. The van der Waals surface area contributed by atoms with E-state index >= 15 is 0 Å². The van der Waals surface area contributed by atoms with Gasteiger partial charge >= 0.3 is 5.97 Å². The molecule has 1 aliphatic heterocycles. The average Bonchev–Trinajstić information content (AvgIpc) is 2.74. The summed E-state index contributed by atoms with van der Waals surface area (Å²) < 4.78 is 0. The Hall–Kier alpha value is -1.10. The molecule has 1 heterocycles. The van der Waals surface area contributed by atoms with Crippen molar-refractivity contribution in [1.29, 1.82) is 0 Å². The Bertz CT molecular complexity index is 316. The van der Waals surface area contributed by atoms with E-state index in [9.17, 15) is 9.59 Å². The second kappa shape index (κ2) is 4.05. The first kappa shape index (κ1) is 11.4. The van der Waals surface area contributed by atoms with E-state index in [1.54, 1.807) is 6.92 Å². The molecular formula is C11H18N2O3. The Labute approximate surface area is 94.6 Å². The number of carbonyl (C=O) groups is 2. The maximum atomic E-state index is 11.9. The third-order valence-corrected chi connectivity index (χ3v) is 3.77. The van der Waals surface area contributed by atoms with Gasteiger partial charge < -0.3 is 15.7 Å². The summed E-state index contributed by atoms with van der Waals surface area (Å²) in [5, 5.41) is 9.13. The topological polar surface area (TPSA) is 83.6 Å². The van der Waals surface area contributed by atoms with Gasteiger partial charge in [-0.05, 0) is 32.1 Å². The Kier molecular flexibility index (Phi) is 2.88. The largest absolute Gasteiger partial charge is 0.480 e. The van der Waals surface area contributed by atoms with Crippen LogP contribution in [0.2, 0.25) is 0 Å². The number of carboxylic acid groups (broad SMARTS) is 1. The molecule has 4 atom stereocenters. The molecule has 16 heavy (non-hydrogen) atoms. The molecule has 0 aromatic rings. The summed E-state index contributed by atoms with van der Waals surface area (Å²) in [5.41, 5.74) is 5.58. The van der Waals surface area contributed by atoms with Crippen LogP contribution >= 0.6 is 0 Å². The van der Waals surface area contributed by atoms with Crippen molar-refractivity contribution in [2.45, 2.75) is 50.7 Å². The van der Waals surface area contributed by atoms with Gasteiger partial charge in [-0.25, -0.2) is 4.79 Å². The third-order valence-electron chi connectivity index (χ3n) is 3.77. The highest BCUT2D eigenvalue weighted by Gasteiger charge is 2.49. The van der Waals surface area contributed by atoms with E-state index < -0.39 is 18.1 Å². The summed E-state index contributed by atoms with van der Waals surface area (Å²) in [6.07, 6.45) is 3.65. The van der Waals surface area contributed by atoms with Crippen molar-refractivity contribution in [3.8, 4) is 0 Å². The molecule has 0 aromatic heterocycles. The first-order valence-electron chi connectivity index (χ1n) is 5.83. The van der Waals surface area contributed by atoms with Crippen LogP contribution < -0.4 is 5.73 Å². The van der Waals surface area contributed by atoms with Crippen molar-refractivity contribution in [2.24, 2.45) is 11.7 Å². The van der Waals surface area contributed by atoms with Crippen LogP contribution in [0, 0.1) is 5.92 Å². The molecule has 0 radical (unpaired) electrons. The molecule has 1 saturated heterocycles. The van der Waals surface area contributed by atoms with E-state index in [1.165, 1.54) is 4.90 Å². The first-order chi connectivity index (χ1) is 7.52. The number of amides is 1. The van der Waals surface area contributed by atoms with Crippen LogP contribution in [0.5, 0.6) is 0 Å². The number of carbonyl (C=O) groups excluding carboxylic acids is 1. The standard InChI is InChI=1S/C11H18N2O3/c1-6(12)10(14)13-8-4-2-3-7(8)5-9(13)11(15)16/h6-9H,2-5,12H2,1H3,(H,15,16). The van der Waals surface area contributed by atoms with E-state index in [0.29, 0.717) is 12.3 Å². The van der Waals surface area contributed by atoms with Crippen molar-refractivity contribution in [3.63, 3.8) is 0 Å². The summed E-state index contributed by atoms with van der Waals surface area (Å²) in [6, 6.07) is -1.16. The second-order valence-electron chi connectivity index (χ2n) is 4.88. The van der Waals surface area contributed by atoms with E-state index in [4.69, 9.17) is 10.8 Å². The molecule has 90 valence electrons. The van der Waals surface area contributed by atoms with Crippen molar-refractivity contribution >= 4 is 11.9 Å². The van der Waals surface area contributed by atoms with Crippen molar-refractivity contribution in [1.82, 2.24) is 4.90 Å². The minimum atomic E-state index is -0.900. The summed E-state index contributed by atoms with van der Waals surface area (Å²) in [5.74, 6) is -0.756. The SMILES string of the molecule is CC(N)C(=O)N1C(C(=O)O)CC2CCCC21. The number of nitrogens with zero attached hydrogens (tertiary/aromatic N) is 1. The molecule has 5 nitrogen and oxygen atoms in total. The number of fused-ring (bicyclic) bond motifs is 1. The predicted molar refractivity (Wildman–Crippen MR) is 57.7 cm³/mol. The molecule has 3 N–H and O–H groups in total. The lowest BCUT2D eigenvalue weighted by atomic mass is 10.0. The maximum absolute atomic E-state index is 11.9. The number of rotatable bonds is 2. The quantitative estimate of drug-likeness (QED) is 0.704. The van der Waals surface area contributed by atoms with Crippen LogP contribution in [0.4, 0.5) is 0 Å². The van der Waals surface area contributed by atoms with Gasteiger partial charge in [0.25, 0.3) is 0 Å². The van der Waals surface area contributed by atoms with Gasteiger partial charge in [0, 0.05) is 6.04 Å². The van der Waals surface area contributed by atoms with Gasteiger partial charge in [-0.1, -0.05) is 6.42 Å². The number of likely N-dealkylation sites (tertiary alicyclic amines) is 1. The number of nitrogens with two attached hydrogens (primary N) is 1. The Balaban J connectivity index is 2.22. The van der Waals surface area contributed by atoms with Gasteiger partial charge in [0.05, 0.1) is 6.04 Å². The van der Waals surface area contributed by atoms with Crippen LogP contribution in [0.25, 0.3) is 0 Å². The van der Waals surface area contributed by atoms with Gasteiger partial charge in [0.1, 0.15) is 6.04 Å². The molecule has 5 heteroatoms. The number of hydrogen-bond acceptors (Lipinski definition) is 3. The molecular weight excluding hydrogens is 208 g/mol. The minimum Gasteiger partial charge on any atom is -0.480 e. The van der Waals surface area contributed by atoms with E-state index in [0.717, 1.165) is 19.3 Å². The maximum Gasteiger partial charge on any atom is 0.326 e.